The fraction of sp³-hybridized carbons (Fsp3) is 0.423. The van der Waals surface area contributed by atoms with E-state index in [9.17, 15) is 17.6 Å². The van der Waals surface area contributed by atoms with Crippen LogP contribution in [0.3, 0.4) is 0 Å². The number of piperidine rings is 3. The highest BCUT2D eigenvalue weighted by molar-refractivity contribution is 7.92. The molecule has 0 aromatic heterocycles. The maximum Gasteiger partial charge on any atom is 0.343 e. The largest absolute Gasteiger partial charge is 0.492 e. The Kier molecular flexibility index (Phi) is 5.37. The molecule has 2 aromatic rings. The lowest BCUT2D eigenvalue weighted by molar-refractivity contribution is 0.0596. The monoisotopic (exact) mass is 498 g/mol. The summed E-state index contributed by atoms with van der Waals surface area (Å²) >= 11 is 0. The van der Waals surface area contributed by atoms with E-state index in [1.54, 1.807) is 6.07 Å². The first-order chi connectivity index (χ1) is 16.8. The molecular weight excluding hydrogens is 471 g/mol. The summed E-state index contributed by atoms with van der Waals surface area (Å²) in [6, 6.07) is 7.06. The summed E-state index contributed by atoms with van der Waals surface area (Å²) in [6.07, 6.45) is 4.87. The Labute approximate surface area is 204 Å². The predicted octanol–water partition coefficient (Wildman–Crippen LogP) is 4.02. The molecule has 1 aliphatic carbocycles. The number of benzene rings is 2. The Morgan fingerprint density at radius 2 is 2.03 bits per heavy atom. The van der Waals surface area contributed by atoms with E-state index in [1.165, 1.54) is 19.2 Å². The Morgan fingerprint density at radius 1 is 1.23 bits per heavy atom. The third-order valence-electron chi connectivity index (χ3n) is 7.71. The molecule has 1 N–H and O–H groups in total. The van der Waals surface area contributed by atoms with Crippen LogP contribution in [0, 0.1) is 17.7 Å². The standard InChI is InChI=1S/C26H27FN2O5S/c1-33-26(30)24-22(4-3-20-21-12-18(21)14-34-25(20)24)28-35(31,32)23-5-2-19(27)11-16(23)10-17-13-29-8-6-15(17)7-9-29/h2-5,10-11,15,18,21,28H,6-9,12-14H2,1H3/b17-10+/t18-,21-/m0/s1. The van der Waals surface area contributed by atoms with E-state index in [-0.39, 0.29) is 16.1 Å². The zero-order valence-electron chi connectivity index (χ0n) is 19.4. The van der Waals surface area contributed by atoms with Crippen LogP contribution in [0.2, 0.25) is 0 Å². The molecule has 3 saturated heterocycles. The molecule has 35 heavy (non-hydrogen) atoms. The Bertz CT molecular complexity index is 1350. The molecule has 0 spiro atoms. The molecule has 184 valence electrons. The van der Waals surface area contributed by atoms with E-state index >= 15 is 0 Å². The van der Waals surface area contributed by atoms with Crippen molar-refractivity contribution in [1.82, 2.24) is 4.90 Å². The van der Waals surface area contributed by atoms with Crippen molar-refractivity contribution in [1.29, 1.82) is 0 Å². The van der Waals surface area contributed by atoms with Gasteiger partial charge in [-0.05, 0) is 79.6 Å². The van der Waals surface area contributed by atoms with Crippen LogP contribution in [0.4, 0.5) is 10.1 Å². The number of hydrogen-bond acceptors (Lipinski definition) is 6. The van der Waals surface area contributed by atoms with Crippen LogP contribution in [0.15, 0.2) is 40.8 Å². The fourth-order valence-electron chi connectivity index (χ4n) is 5.73. The van der Waals surface area contributed by atoms with Crippen LogP contribution in [0.1, 0.15) is 46.7 Å². The molecule has 4 heterocycles. The number of ether oxygens (including phenoxy) is 2. The lowest BCUT2D eigenvalue weighted by Crippen LogP contribution is -2.42. The third-order valence-corrected chi connectivity index (χ3v) is 9.15. The molecule has 0 radical (unpaired) electrons. The fourth-order valence-corrected chi connectivity index (χ4v) is 6.97. The van der Waals surface area contributed by atoms with Crippen molar-refractivity contribution in [2.45, 2.75) is 30.1 Å². The minimum atomic E-state index is -4.16. The minimum absolute atomic E-state index is 0.0421. The molecule has 1 saturated carbocycles. The lowest BCUT2D eigenvalue weighted by Gasteiger charge is -2.41. The summed E-state index contributed by atoms with van der Waals surface area (Å²) in [5, 5.41) is 0. The second kappa shape index (κ2) is 8.34. The van der Waals surface area contributed by atoms with Crippen LogP contribution >= 0.6 is 0 Å². The first-order valence-electron chi connectivity index (χ1n) is 12.0. The smallest absolute Gasteiger partial charge is 0.343 e. The number of rotatable bonds is 5. The van der Waals surface area contributed by atoms with E-state index in [0.29, 0.717) is 35.7 Å². The number of sulfonamides is 1. The van der Waals surface area contributed by atoms with Crippen LogP contribution in [0.5, 0.6) is 5.75 Å². The number of carbonyl (C=O) groups excluding carboxylic acids is 1. The topological polar surface area (TPSA) is 84.9 Å². The molecular formula is C26H27FN2O5S. The average molecular weight is 499 g/mol. The van der Waals surface area contributed by atoms with Crippen molar-refractivity contribution >= 4 is 27.8 Å². The quantitative estimate of drug-likeness (QED) is 0.627. The molecule has 9 heteroatoms. The van der Waals surface area contributed by atoms with Crippen molar-refractivity contribution in [2.24, 2.45) is 11.8 Å². The molecule has 4 fully saturated rings. The van der Waals surface area contributed by atoms with Crippen LogP contribution in [-0.2, 0) is 14.8 Å². The summed E-state index contributed by atoms with van der Waals surface area (Å²) in [4.78, 5) is 15.0. The van der Waals surface area contributed by atoms with Gasteiger partial charge in [0, 0.05) is 12.5 Å². The second-order valence-electron chi connectivity index (χ2n) is 9.87. The number of nitrogens with zero attached hydrogens (tertiary/aromatic N) is 1. The second-order valence-corrected chi connectivity index (χ2v) is 11.5. The summed E-state index contributed by atoms with van der Waals surface area (Å²) in [6.45, 7) is 3.34. The lowest BCUT2D eigenvalue weighted by atomic mass is 9.83. The van der Waals surface area contributed by atoms with Gasteiger partial charge in [-0.2, -0.15) is 0 Å². The first kappa shape index (κ1) is 22.5. The molecule has 2 bridgehead atoms. The van der Waals surface area contributed by atoms with Gasteiger partial charge < -0.3 is 9.47 Å². The maximum atomic E-state index is 14.2. The number of methoxy groups -OCH3 is 1. The summed E-state index contributed by atoms with van der Waals surface area (Å²) in [5.41, 5.74) is 2.48. The molecule has 0 unspecified atom stereocenters. The van der Waals surface area contributed by atoms with Crippen molar-refractivity contribution in [2.75, 3.05) is 38.1 Å². The van der Waals surface area contributed by atoms with Crippen molar-refractivity contribution in [3.63, 3.8) is 0 Å². The van der Waals surface area contributed by atoms with Crippen molar-refractivity contribution < 1.29 is 27.1 Å². The molecule has 0 amide bonds. The third kappa shape index (κ3) is 4.00. The van der Waals surface area contributed by atoms with E-state index < -0.39 is 21.8 Å². The Balaban J connectivity index is 1.39. The van der Waals surface area contributed by atoms with Crippen molar-refractivity contribution in [3.05, 3.63) is 58.4 Å². The SMILES string of the molecule is COC(=O)c1c(NS(=O)(=O)c2ccc(F)cc2/C=C2\CN3CCC2CC3)ccc2c1OC[C@@H]1C[C@H]21. The molecule has 4 aliphatic heterocycles. The molecule has 7 nitrogen and oxygen atoms in total. The van der Waals surface area contributed by atoms with Crippen molar-refractivity contribution in [3.8, 4) is 5.75 Å². The molecule has 2 aromatic carbocycles. The van der Waals surface area contributed by atoms with Gasteiger partial charge in [0.25, 0.3) is 10.0 Å². The van der Waals surface area contributed by atoms with Gasteiger partial charge in [0.2, 0.25) is 0 Å². The zero-order valence-corrected chi connectivity index (χ0v) is 20.2. The van der Waals surface area contributed by atoms with Gasteiger partial charge in [-0.15, -0.1) is 0 Å². The zero-order chi connectivity index (χ0) is 24.3. The van der Waals surface area contributed by atoms with Crippen LogP contribution < -0.4 is 9.46 Å². The summed E-state index contributed by atoms with van der Waals surface area (Å²) < 4.78 is 54.7. The average Bonchev–Trinajstić information content (AvgIpc) is 3.64. The number of nitrogens with one attached hydrogen (secondary N) is 1. The van der Waals surface area contributed by atoms with Crippen LogP contribution in [0.25, 0.3) is 6.08 Å². The first-order valence-corrected chi connectivity index (χ1v) is 13.5. The predicted molar refractivity (Wildman–Crippen MR) is 128 cm³/mol. The van der Waals surface area contributed by atoms with E-state index in [1.807, 2.05) is 12.1 Å². The Morgan fingerprint density at radius 3 is 2.74 bits per heavy atom. The Hall–Kier alpha value is -2.91. The molecule has 7 rings (SSSR count). The van der Waals surface area contributed by atoms with E-state index in [0.717, 1.165) is 56.1 Å². The maximum absolute atomic E-state index is 14.2. The minimum Gasteiger partial charge on any atom is -0.492 e. The normalized spacial score (nSPS) is 27.5. The van der Waals surface area contributed by atoms with Gasteiger partial charge in [-0.1, -0.05) is 17.7 Å². The van der Waals surface area contributed by atoms with Crippen LogP contribution in [-0.4, -0.2) is 52.6 Å². The van der Waals surface area contributed by atoms with Gasteiger partial charge in [0.15, 0.2) is 0 Å². The number of fused-ring (bicyclic) bond motifs is 6. The number of carbonyl (C=O) groups is 1. The number of esters is 1. The summed E-state index contributed by atoms with van der Waals surface area (Å²) in [5.74, 6) is 0.355. The number of hydrogen-bond donors (Lipinski definition) is 1. The highest BCUT2D eigenvalue weighted by atomic mass is 32.2. The van der Waals surface area contributed by atoms with Gasteiger partial charge in [0.05, 0.1) is 24.3 Å². The molecule has 2 atom stereocenters. The summed E-state index contributed by atoms with van der Waals surface area (Å²) in [7, 11) is -2.91. The van der Waals surface area contributed by atoms with Gasteiger partial charge in [-0.3, -0.25) is 9.62 Å². The van der Waals surface area contributed by atoms with Gasteiger partial charge in [0.1, 0.15) is 17.1 Å². The highest BCUT2D eigenvalue weighted by Gasteiger charge is 2.45. The van der Waals surface area contributed by atoms with E-state index in [2.05, 4.69) is 9.62 Å². The number of halogens is 1. The van der Waals surface area contributed by atoms with Gasteiger partial charge >= 0.3 is 5.97 Å². The highest BCUT2D eigenvalue weighted by Crippen LogP contribution is 2.55. The van der Waals surface area contributed by atoms with E-state index in [4.69, 9.17) is 9.47 Å². The number of anilines is 1. The molecule has 5 aliphatic rings. The van der Waals surface area contributed by atoms with Gasteiger partial charge in [-0.25, -0.2) is 17.6 Å².